The third kappa shape index (κ3) is 8.51. The van der Waals surface area contributed by atoms with Gasteiger partial charge in [0, 0.05) is 36.5 Å². The molecule has 2 aliphatic carbocycles. The van der Waals surface area contributed by atoms with Crippen LogP contribution in [0.5, 0.6) is 0 Å². The predicted octanol–water partition coefficient (Wildman–Crippen LogP) is 3.07. The summed E-state index contributed by atoms with van der Waals surface area (Å²) >= 11 is 0. The van der Waals surface area contributed by atoms with Crippen molar-refractivity contribution in [2.75, 3.05) is 29.3 Å². The molecule has 0 saturated carbocycles. The largest absolute Gasteiger partial charge is 0.375 e. The zero-order valence-corrected chi connectivity index (χ0v) is 29.6. The molecule has 15 nitrogen and oxygen atoms in total. The highest BCUT2D eigenvalue weighted by Gasteiger charge is 2.21. The number of amides is 1. The zero-order valence-electron chi connectivity index (χ0n) is 27.9. The Hall–Kier alpha value is -5.49. The van der Waals surface area contributed by atoms with Gasteiger partial charge in [0.2, 0.25) is 5.91 Å². The van der Waals surface area contributed by atoms with E-state index in [0.29, 0.717) is 18.2 Å². The first-order valence-electron chi connectivity index (χ1n) is 16.1. The second-order valence-electron chi connectivity index (χ2n) is 12.2. The van der Waals surface area contributed by atoms with Gasteiger partial charge in [-0.3, -0.25) is 28.9 Å². The Morgan fingerprint density at radius 1 is 0.769 bits per heavy atom. The number of unbranched alkanes of at least 4 members (excludes halogenated alkanes) is 4. The minimum Gasteiger partial charge on any atom is -0.375 e. The predicted molar refractivity (Wildman–Crippen MR) is 195 cm³/mol. The maximum absolute atomic E-state index is 13.6. The second kappa shape index (κ2) is 15.4. The van der Waals surface area contributed by atoms with Gasteiger partial charge < -0.3 is 21.5 Å². The normalized spacial score (nSPS) is 12.3. The van der Waals surface area contributed by atoms with E-state index in [2.05, 4.69) is 20.7 Å². The summed E-state index contributed by atoms with van der Waals surface area (Å²) in [6, 6.07) is 17.4. The number of hydrazine groups is 1. The average molecular weight is 749 g/mol. The molecule has 0 atom stereocenters. The number of nitrogens with two attached hydrogens (primary N) is 1. The Balaban J connectivity index is 1.43. The van der Waals surface area contributed by atoms with Crippen LogP contribution in [-0.4, -0.2) is 45.4 Å². The van der Waals surface area contributed by atoms with Crippen LogP contribution in [0.2, 0.25) is 0 Å². The molecular formula is C35H36N6O9S2. The molecule has 0 aliphatic heterocycles. The van der Waals surface area contributed by atoms with Gasteiger partial charge in [-0.2, -0.15) is 16.8 Å². The van der Waals surface area contributed by atoms with Crippen LogP contribution < -0.4 is 43.1 Å². The summed E-state index contributed by atoms with van der Waals surface area (Å²) in [5.74, 6) is -0.278. The number of hydrogen-bond acceptors (Lipinski definition) is 12. The smallest absolute Gasteiger partial charge is 0.296 e. The number of carbonyl (C=O) groups is 1. The molecule has 0 heterocycles. The van der Waals surface area contributed by atoms with Crippen molar-refractivity contribution in [1.82, 2.24) is 0 Å². The molecule has 0 bridgehead atoms. The van der Waals surface area contributed by atoms with Crippen LogP contribution >= 0.6 is 0 Å². The van der Waals surface area contributed by atoms with E-state index in [9.17, 15) is 40.3 Å². The molecule has 52 heavy (non-hydrogen) atoms. The average Bonchev–Trinajstić information content (AvgIpc) is 3.09. The van der Waals surface area contributed by atoms with E-state index in [0.717, 1.165) is 50.4 Å². The van der Waals surface area contributed by atoms with Crippen LogP contribution in [0.4, 0.5) is 22.7 Å². The SMILES string of the molecule is CN(CCCCCCCC(N)=O)c1ccc(NNc2ccc(N=c3cc(S(=O)(=O)O)c(=N)c4c(=O)c5ccccc5c(=O)c3=4)c(S(=O)(=O)O)c2)cc1. The third-order valence-electron chi connectivity index (χ3n) is 8.47. The highest BCUT2D eigenvalue weighted by molar-refractivity contribution is 7.86. The minimum absolute atomic E-state index is 0.0408. The number of benzene rings is 3. The molecule has 17 heteroatoms. The molecule has 0 radical (unpaired) electrons. The maximum Gasteiger partial charge on any atom is 0.296 e. The molecular weight excluding hydrogens is 713 g/mol. The van der Waals surface area contributed by atoms with E-state index in [1.165, 1.54) is 36.4 Å². The number of primary amides is 1. The van der Waals surface area contributed by atoms with Crippen LogP contribution in [0.1, 0.15) is 38.5 Å². The summed E-state index contributed by atoms with van der Waals surface area (Å²) in [5.41, 5.74) is 10.7. The van der Waals surface area contributed by atoms with Gasteiger partial charge >= 0.3 is 0 Å². The Kier molecular flexibility index (Phi) is 11.2. The fourth-order valence-corrected chi connectivity index (χ4v) is 7.09. The molecule has 7 N–H and O–H groups in total. The fourth-order valence-electron chi connectivity index (χ4n) is 5.81. The van der Waals surface area contributed by atoms with Crippen molar-refractivity contribution in [2.24, 2.45) is 10.7 Å². The quantitative estimate of drug-likeness (QED) is 0.0514. The molecule has 0 aromatic heterocycles. The van der Waals surface area contributed by atoms with Gasteiger partial charge in [0.15, 0.2) is 10.9 Å². The Labute approximate surface area is 297 Å². The van der Waals surface area contributed by atoms with Gasteiger partial charge in [-0.15, -0.1) is 0 Å². The van der Waals surface area contributed by atoms with Crippen LogP contribution in [-0.2, 0) is 25.0 Å². The number of hydrogen-bond donors (Lipinski definition) is 6. The first kappa shape index (κ1) is 37.8. The summed E-state index contributed by atoms with van der Waals surface area (Å²) in [6.45, 7) is 0.835. The number of rotatable bonds is 15. The number of nitrogens with one attached hydrogen (secondary N) is 3. The Morgan fingerprint density at radius 3 is 1.94 bits per heavy atom. The fraction of sp³-hybridized carbons (Fsp3) is 0.229. The van der Waals surface area contributed by atoms with Crippen LogP contribution in [0.15, 0.2) is 97.2 Å². The number of anilines is 3. The maximum atomic E-state index is 13.6. The van der Waals surface area contributed by atoms with Gasteiger partial charge in [0.05, 0.1) is 38.2 Å². The molecule has 0 fully saturated rings. The summed E-state index contributed by atoms with van der Waals surface area (Å²) in [5, 5.41) is 5.73. The molecule has 272 valence electrons. The van der Waals surface area contributed by atoms with Gasteiger partial charge in [0.25, 0.3) is 20.2 Å². The van der Waals surface area contributed by atoms with E-state index in [4.69, 9.17) is 11.1 Å². The van der Waals surface area contributed by atoms with E-state index in [1.54, 1.807) is 12.1 Å². The van der Waals surface area contributed by atoms with Crippen molar-refractivity contribution < 1.29 is 30.7 Å². The number of nitrogens with zero attached hydrogens (tertiary/aromatic N) is 2. The van der Waals surface area contributed by atoms with E-state index in [1.807, 2.05) is 19.2 Å². The molecule has 5 rings (SSSR count). The molecule has 3 aromatic carbocycles. The third-order valence-corrected chi connectivity index (χ3v) is 10.2. The van der Waals surface area contributed by atoms with E-state index in [-0.39, 0.29) is 22.4 Å². The van der Waals surface area contributed by atoms with E-state index >= 15 is 0 Å². The summed E-state index contributed by atoms with van der Waals surface area (Å²) in [6.07, 6.45) is 5.21. The molecule has 1 amide bonds. The summed E-state index contributed by atoms with van der Waals surface area (Å²) in [4.78, 5) is 42.4. The number of fused-ring (bicyclic) bond motifs is 1. The molecule has 0 saturated heterocycles. The van der Waals surface area contributed by atoms with Crippen molar-refractivity contribution >= 4 is 59.7 Å². The molecule has 0 spiro atoms. The topological polar surface area (TPSA) is 249 Å². The minimum atomic E-state index is -5.11. The highest BCUT2D eigenvalue weighted by atomic mass is 32.2. The van der Waals surface area contributed by atoms with Crippen molar-refractivity contribution in [1.29, 1.82) is 5.41 Å². The van der Waals surface area contributed by atoms with Gasteiger partial charge in [0.1, 0.15) is 9.79 Å². The van der Waals surface area contributed by atoms with E-state index < -0.39 is 67.7 Å². The Morgan fingerprint density at radius 2 is 1.33 bits per heavy atom. The second-order valence-corrected chi connectivity index (χ2v) is 14.9. The molecule has 0 unspecified atom stereocenters. The highest BCUT2D eigenvalue weighted by Crippen LogP contribution is 2.28. The standard InChI is InChI=1S/C35H36N6O9S2/c1-41(18-8-4-2-3-5-11-30(36)42)23-15-12-21(13-16-23)39-40-22-14-17-26(28(19-22)51(45,46)47)38-27-20-29(52(48,49)50)33(37)32-31(27)34(43)24-9-6-7-10-25(24)35(32)44/h6-7,9-10,12-17,19-20,37,39-40H,2-5,8,11,18H2,1H3,(H2,36,42)(H,45,46,47)(H,48,49,50). The summed E-state index contributed by atoms with van der Waals surface area (Å²) < 4.78 is 69.5. The first-order valence-corrected chi connectivity index (χ1v) is 19.0. The zero-order chi connectivity index (χ0) is 37.8. The first-order chi connectivity index (χ1) is 24.6. The van der Waals surface area contributed by atoms with Crippen LogP contribution in [0, 0.1) is 15.8 Å². The van der Waals surface area contributed by atoms with Crippen molar-refractivity contribution in [3.63, 3.8) is 0 Å². The van der Waals surface area contributed by atoms with Gasteiger partial charge in [-0.1, -0.05) is 43.5 Å². The van der Waals surface area contributed by atoms with Gasteiger partial charge in [-0.05, 0) is 61.4 Å². The van der Waals surface area contributed by atoms with Crippen LogP contribution in [0.3, 0.4) is 0 Å². The van der Waals surface area contributed by atoms with Crippen molar-refractivity contribution in [3.05, 3.63) is 114 Å². The van der Waals surface area contributed by atoms with Gasteiger partial charge in [-0.25, -0.2) is 4.99 Å². The lowest BCUT2D eigenvalue weighted by Crippen LogP contribution is -2.32. The van der Waals surface area contributed by atoms with Crippen molar-refractivity contribution in [2.45, 2.75) is 48.3 Å². The lowest BCUT2D eigenvalue weighted by atomic mass is 10.0. The number of carbonyl (C=O) groups excluding carboxylic acids is 1. The summed E-state index contributed by atoms with van der Waals surface area (Å²) in [7, 11) is -8.11. The van der Waals surface area contributed by atoms with Crippen LogP contribution in [0.25, 0.3) is 10.8 Å². The lowest BCUT2D eigenvalue weighted by Gasteiger charge is -2.20. The monoisotopic (exact) mass is 748 g/mol. The lowest BCUT2D eigenvalue weighted by molar-refractivity contribution is -0.118. The molecule has 2 aliphatic rings. The molecule has 3 aromatic rings. The Bertz CT molecular complexity index is 2680. The van der Waals surface area contributed by atoms with Crippen molar-refractivity contribution in [3.8, 4) is 0 Å².